The summed E-state index contributed by atoms with van der Waals surface area (Å²) in [5.41, 5.74) is -0.740. The van der Waals surface area contributed by atoms with Crippen molar-refractivity contribution < 1.29 is 22.4 Å². The summed E-state index contributed by atoms with van der Waals surface area (Å²) in [7, 11) is 0. The zero-order valence-corrected chi connectivity index (χ0v) is 17.1. The van der Waals surface area contributed by atoms with Crippen molar-refractivity contribution in [3.05, 3.63) is 63.3 Å². The van der Waals surface area contributed by atoms with Crippen molar-refractivity contribution in [3.8, 4) is 0 Å². The molecule has 3 aromatic rings. The Morgan fingerprint density at radius 3 is 2.53 bits per heavy atom. The van der Waals surface area contributed by atoms with E-state index in [0.717, 1.165) is 10.7 Å². The van der Waals surface area contributed by atoms with Crippen LogP contribution in [0.25, 0.3) is 0 Å². The smallest absolute Gasteiger partial charge is 0.306 e. The predicted molar refractivity (Wildman–Crippen MR) is 103 cm³/mol. The van der Waals surface area contributed by atoms with Gasteiger partial charge in [0.05, 0.1) is 6.54 Å². The summed E-state index contributed by atoms with van der Waals surface area (Å²) in [6, 6.07) is 4.02. The van der Waals surface area contributed by atoms with Crippen LogP contribution in [-0.4, -0.2) is 25.5 Å². The van der Waals surface area contributed by atoms with E-state index in [-0.39, 0.29) is 33.7 Å². The highest BCUT2D eigenvalue weighted by Crippen LogP contribution is 2.30. The number of amides is 1. The predicted octanol–water partition coefficient (Wildman–Crippen LogP) is 5.10. The van der Waals surface area contributed by atoms with Gasteiger partial charge in [0.25, 0.3) is 0 Å². The SMILES string of the molecule is Cc1cc(C(F)(F)F)nn1C(C)C(=O)Nc1nn(Cc2c(F)cccc2Cl)cc1Cl. The Bertz CT molecular complexity index is 1070. The fourth-order valence-corrected chi connectivity index (χ4v) is 3.18. The Balaban J connectivity index is 1.77. The van der Waals surface area contributed by atoms with Crippen molar-refractivity contribution in [2.24, 2.45) is 0 Å². The Labute approximate surface area is 178 Å². The summed E-state index contributed by atoms with van der Waals surface area (Å²) in [5.74, 6) is -1.23. The quantitative estimate of drug-likeness (QED) is 0.535. The molecule has 0 radical (unpaired) electrons. The molecule has 0 saturated carbocycles. The van der Waals surface area contributed by atoms with Gasteiger partial charge >= 0.3 is 6.18 Å². The standard InChI is InChI=1S/C18H15Cl2F4N5O/c1-9-6-15(18(22,23)24)26-29(9)10(2)17(30)25-16-13(20)8-28(27-16)7-11-12(19)4-3-5-14(11)21/h3-6,8,10H,7H2,1-2H3,(H,25,27,30). The largest absolute Gasteiger partial charge is 0.435 e. The van der Waals surface area contributed by atoms with E-state index in [1.807, 2.05) is 0 Å². The van der Waals surface area contributed by atoms with Gasteiger partial charge < -0.3 is 5.32 Å². The molecule has 12 heteroatoms. The molecule has 0 spiro atoms. The summed E-state index contributed by atoms with van der Waals surface area (Å²) in [5, 5.41) is 10.3. The molecule has 0 aliphatic rings. The maximum atomic E-state index is 14.0. The van der Waals surface area contributed by atoms with Crippen LogP contribution in [0.2, 0.25) is 10.0 Å². The van der Waals surface area contributed by atoms with Crippen LogP contribution in [0.3, 0.4) is 0 Å². The third-order valence-electron chi connectivity index (χ3n) is 4.30. The van der Waals surface area contributed by atoms with Crippen molar-refractivity contribution in [2.75, 3.05) is 5.32 Å². The lowest BCUT2D eigenvalue weighted by Crippen LogP contribution is -2.26. The fourth-order valence-electron chi connectivity index (χ4n) is 2.76. The van der Waals surface area contributed by atoms with Crippen molar-refractivity contribution in [3.63, 3.8) is 0 Å². The Kier molecular flexibility index (Phi) is 6.09. The topological polar surface area (TPSA) is 64.7 Å². The summed E-state index contributed by atoms with van der Waals surface area (Å²) < 4.78 is 54.7. The first-order valence-corrected chi connectivity index (χ1v) is 9.33. The molecule has 1 N–H and O–H groups in total. The van der Waals surface area contributed by atoms with E-state index in [1.165, 1.54) is 42.9 Å². The van der Waals surface area contributed by atoms with Crippen LogP contribution in [0.4, 0.5) is 23.4 Å². The summed E-state index contributed by atoms with van der Waals surface area (Å²) in [6.45, 7) is 2.76. The molecule has 1 atom stereocenters. The summed E-state index contributed by atoms with van der Waals surface area (Å²) >= 11 is 12.1. The van der Waals surface area contributed by atoms with E-state index in [9.17, 15) is 22.4 Å². The highest BCUT2D eigenvalue weighted by molar-refractivity contribution is 6.33. The lowest BCUT2D eigenvalue weighted by molar-refractivity contribution is -0.141. The van der Waals surface area contributed by atoms with Crippen LogP contribution in [0.15, 0.2) is 30.5 Å². The van der Waals surface area contributed by atoms with Crippen LogP contribution in [0, 0.1) is 12.7 Å². The number of rotatable bonds is 5. The van der Waals surface area contributed by atoms with E-state index in [0.29, 0.717) is 0 Å². The number of halogens is 6. The average Bonchev–Trinajstić information content (AvgIpc) is 3.20. The number of hydrogen-bond acceptors (Lipinski definition) is 3. The Hall–Kier alpha value is -2.59. The highest BCUT2D eigenvalue weighted by atomic mass is 35.5. The number of carbonyl (C=O) groups excluding carboxylic acids is 1. The van der Waals surface area contributed by atoms with Gasteiger partial charge in [-0.05, 0) is 32.0 Å². The number of aryl methyl sites for hydroxylation is 1. The molecule has 0 aliphatic heterocycles. The van der Waals surface area contributed by atoms with Crippen LogP contribution < -0.4 is 5.32 Å². The van der Waals surface area contributed by atoms with Crippen molar-refractivity contribution in [2.45, 2.75) is 32.6 Å². The molecule has 1 amide bonds. The van der Waals surface area contributed by atoms with Gasteiger partial charge in [0.15, 0.2) is 11.5 Å². The molecule has 2 heterocycles. The minimum Gasteiger partial charge on any atom is -0.306 e. The highest BCUT2D eigenvalue weighted by Gasteiger charge is 2.35. The first-order valence-electron chi connectivity index (χ1n) is 8.57. The second-order valence-electron chi connectivity index (χ2n) is 6.50. The number of anilines is 1. The average molecular weight is 464 g/mol. The molecule has 30 heavy (non-hydrogen) atoms. The van der Waals surface area contributed by atoms with Crippen LogP contribution in [-0.2, 0) is 17.5 Å². The first kappa shape index (κ1) is 22.1. The maximum absolute atomic E-state index is 14.0. The van der Waals surface area contributed by atoms with Crippen LogP contribution >= 0.6 is 23.2 Å². The summed E-state index contributed by atoms with van der Waals surface area (Å²) in [6.07, 6.45) is -3.26. The first-order chi connectivity index (χ1) is 14.0. The number of nitrogens with one attached hydrogen (secondary N) is 1. The number of benzene rings is 1. The molecule has 0 fully saturated rings. The van der Waals surface area contributed by atoms with E-state index in [4.69, 9.17) is 23.2 Å². The van der Waals surface area contributed by atoms with E-state index >= 15 is 0 Å². The van der Waals surface area contributed by atoms with Crippen molar-refractivity contribution in [1.29, 1.82) is 0 Å². The van der Waals surface area contributed by atoms with E-state index in [1.54, 1.807) is 0 Å². The lowest BCUT2D eigenvalue weighted by Gasteiger charge is -2.13. The molecular formula is C18H15Cl2F4N5O. The third kappa shape index (κ3) is 4.59. The minimum atomic E-state index is -4.62. The maximum Gasteiger partial charge on any atom is 0.435 e. The second-order valence-corrected chi connectivity index (χ2v) is 7.32. The van der Waals surface area contributed by atoms with E-state index in [2.05, 4.69) is 15.5 Å². The van der Waals surface area contributed by atoms with Crippen molar-refractivity contribution >= 4 is 34.9 Å². The molecule has 160 valence electrons. The number of aromatic nitrogens is 4. The van der Waals surface area contributed by atoms with Gasteiger partial charge in [-0.3, -0.25) is 14.2 Å². The number of hydrogen-bond donors (Lipinski definition) is 1. The summed E-state index contributed by atoms with van der Waals surface area (Å²) in [4.78, 5) is 12.5. The van der Waals surface area contributed by atoms with Gasteiger partial charge in [0.2, 0.25) is 5.91 Å². The number of alkyl halides is 3. The van der Waals surface area contributed by atoms with Crippen molar-refractivity contribution in [1.82, 2.24) is 19.6 Å². The third-order valence-corrected chi connectivity index (χ3v) is 4.93. The number of nitrogens with zero attached hydrogens (tertiary/aromatic N) is 4. The van der Waals surface area contributed by atoms with Gasteiger partial charge in [-0.25, -0.2) is 4.39 Å². The van der Waals surface area contributed by atoms with Gasteiger partial charge in [-0.1, -0.05) is 29.3 Å². The Morgan fingerprint density at radius 1 is 1.23 bits per heavy atom. The molecule has 1 aromatic carbocycles. The van der Waals surface area contributed by atoms with Gasteiger partial charge in [0, 0.05) is 22.5 Å². The zero-order valence-electron chi connectivity index (χ0n) is 15.6. The van der Waals surface area contributed by atoms with Gasteiger partial charge in [-0.15, -0.1) is 0 Å². The zero-order chi connectivity index (χ0) is 22.2. The molecular weight excluding hydrogens is 449 g/mol. The number of carbonyl (C=O) groups is 1. The molecule has 0 aliphatic carbocycles. The Morgan fingerprint density at radius 2 is 1.93 bits per heavy atom. The minimum absolute atomic E-state index is 0.0261. The van der Waals surface area contributed by atoms with E-state index < -0.39 is 29.6 Å². The molecule has 6 nitrogen and oxygen atoms in total. The van der Waals surface area contributed by atoms with Crippen LogP contribution in [0.1, 0.15) is 29.9 Å². The van der Waals surface area contributed by atoms with Gasteiger partial charge in [0.1, 0.15) is 16.9 Å². The molecule has 3 rings (SSSR count). The molecule has 2 aromatic heterocycles. The normalized spacial score (nSPS) is 12.8. The second kappa shape index (κ2) is 8.27. The van der Waals surface area contributed by atoms with Gasteiger partial charge in [-0.2, -0.15) is 23.4 Å². The monoisotopic (exact) mass is 463 g/mol. The lowest BCUT2D eigenvalue weighted by atomic mass is 10.2. The fraction of sp³-hybridized carbons (Fsp3) is 0.278. The molecule has 0 saturated heterocycles. The molecule has 0 bridgehead atoms. The van der Waals surface area contributed by atoms with Crippen LogP contribution in [0.5, 0.6) is 0 Å². The molecule has 1 unspecified atom stereocenters.